The Morgan fingerprint density at radius 3 is 2.41 bits per heavy atom. The average Bonchev–Trinajstić information content (AvgIpc) is 2.52. The maximum absolute atomic E-state index is 12.0. The van der Waals surface area contributed by atoms with Crippen LogP contribution in [0.3, 0.4) is 0 Å². The van der Waals surface area contributed by atoms with Gasteiger partial charge in [-0.05, 0) is 73.0 Å². The Bertz CT molecular complexity index is 350. The van der Waals surface area contributed by atoms with E-state index in [0.717, 1.165) is 38.4 Å². The number of hydrogen-bond acceptors (Lipinski definition) is 3. The number of piperidine rings is 2. The third-order valence-corrected chi connectivity index (χ3v) is 5.64. The highest BCUT2D eigenvalue weighted by Gasteiger charge is 2.26. The third-order valence-electron chi connectivity index (χ3n) is 5.64. The van der Waals surface area contributed by atoms with Crippen LogP contribution in [-0.2, 0) is 4.79 Å². The van der Waals surface area contributed by atoms with E-state index in [1.165, 1.54) is 32.4 Å². The molecule has 0 aromatic heterocycles. The summed E-state index contributed by atoms with van der Waals surface area (Å²) in [5.41, 5.74) is 0. The van der Waals surface area contributed by atoms with Gasteiger partial charge in [0.15, 0.2) is 0 Å². The first-order valence-electron chi connectivity index (χ1n) is 9.22. The van der Waals surface area contributed by atoms with Crippen molar-refractivity contribution < 1.29 is 4.79 Å². The monoisotopic (exact) mass is 309 g/mol. The lowest BCUT2D eigenvalue weighted by Crippen LogP contribution is -2.47. The third kappa shape index (κ3) is 4.69. The van der Waals surface area contributed by atoms with Gasteiger partial charge in [-0.2, -0.15) is 0 Å². The summed E-state index contributed by atoms with van der Waals surface area (Å²) < 4.78 is 0. The molecule has 1 atom stereocenters. The lowest BCUT2D eigenvalue weighted by Gasteiger charge is -2.39. The Morgan fingerprint density at radius 2 is 1.82 bits per heavy atom. The Kier molecular flexibility index (Phi) is 6.69. The summed E-state index contributed by atoms with van der Waals surface area (Å²) in [5, 5.41) is 0. The highest BCUT2D eigenvalue weighted by molar-refractivity contribution is 5.77. The minimum Gasteiger partial charge on any atom is -0.340 e. The molecule has 0 N–H and O–H groups in total. The lowest BCUT2D eigenvalue weighted by molar-refractivity contribution is -0.135. The van der Waals surface area contributed by atoms with Gasteiger partial charge in [0, 0.05) is 37.6 Å². The van der Waals surface area contributed by atoms with Crippen molar-refractivity contribution in [1.82, 2.24) is 14.7 Å². The first-order valence-corrected chi connectivity index (χ1v) is 9.22. The molecule has 2 heterocycles. The molecule has 128 valence electrons. The maximum Gasteiger partial charge on any atom is 0.222 e. The van der Waals surface area contributed by atoms with Gasteiger partial charge in [-0.3, -0.25) is 4.79 Å². The fourth-order valence-corrected chi connectivity index (χ4v) is 3.86. The maximum atomic E-state index is 12.0. The molecule has 1 amide bonds. The van der Waals surface area contributed by atoms with Gasteiger partial charge in [-0.15, -0.1) is 0 Å². The highest BCUT2D eigenvalue weighted by atomic mass is 16.2. The summed E-state index contributed by atoms with van der Waals surface area (Å²) in [6, 6.07) is 1.79. The summed E-state index contributed by atoms with van der Waals surface area (Å²) in [7, 11) is 2.26. The summed E-state index contributed by atoms with van der Waals surface area (Å²) in [6.07, 6.45) is 6.69. The molecule has 0 spiro atoms. The number of nitrogens with zero attached hydrogens (tertiary/aromatic N) is 3. The molecule has 0 aliphatic carbocycles. The molecule has 2 rings (SSSR count). The second-order valence-corrected chi connectivity index (χ2v) is 7.52. The van der Waals surface area contributed by atoms with E-state index in [2.05, 4.69) is 42.5 Å². The first-order chi connectivity index (χ1) is 10.5. The molecule has 1 unspecified atom stereocenters. The van der Waals surface area contributed by atoms with Gasteiger partial charge in [-0.25, -0.2) is 0 Å². The van der Waals surface area contributed by atoms with Crippen molar-refractivity contribution >= 4 is 5.91 Å². The van der Waals surface area contributed by atoms with Crippen molar-refractivity contribution in [2.75, 3.05) is 33.2 Å². The second kappa shape index (κ2) is 8.30. The summed E-state index contributed by atoms with van der Waals surface area (Å²) in [5.74, 6) is 0.367. The van der Waals surface area contributed by atoms with Gasteiger partial charge in [0.1, 0.15) is 0 Å². The lowest BCUT2D eigenvalue weighted by atomic mass is 10.0. The van der Waals surface area contributed by atoms with Crippen LogP contribution in [0.15, 0.2) is 0 Å². The van der Waals surface area contributed by atoms with Crippen molar-refractivity contribution in [3.8, 4) is 0 Å². The number of hydrogen-bond donors (Lipinski definition) is 0. The molecule has 4 heteroatoms. The van der Waals surface area contributed by atoms with Crippen LogP contribution in [0.1, 0.15) is 59.3 Å². The minimum absolute atomic E-state index is 0.367. The zero-order valence-electron chi connectivity index (χ0n) is 15.1. The Morgan fingerprint density at radius 1 is 1.14 bits per heavy atom. The van der Waals surface area contributed by atoms with Crippen molar-refractivity contribution in [1.29, 1.82) is 0 Å². The minimum atomic E-state index is 0.367. The van der Waals surface area contributed by atoms with Crippen LogP contribution in [0.5, 0.6) is 0 Å². The van der Waals surface area contributed by atoms with Crippen molar-refractivity contribution in [3.63, 3.8) is 0 Å². The smallest absolute Gasteiger partial charge is 0.222 e. The molecular formula is C18H35N3O. The van der Waals surface area contributed by atoms with Crippen LogP contribution >= 0.6 is 0 Å². The summed E-state index contributed by atoms with van der Waals surface area (Å²) >= 11 is 0. The van der Waals surface area contributed by atoms with E-state index in [9.17, 15) is 4.79 Å². The van der Waals surface area contributed by atoms with Crippen LogP contribution in [0.25, 0.3) is 0 Å². The molecule has 22 heavy (non-hydrogen) atoms. The molecule has 2 saturated heterocycles. The van der Waals surface area contributed by atoms with Crippen LogP contribution in [-0.4, -0.2) is 72.0 Å². The van der Waals surface area contributed by atoms with Gasteiger partial charge in [-0.1, -0.05) is 0 Å². The van der Waals surface area contributed by atoms with E-state index < -0.39 is 0 Å². The largest absolute Gasteiger partial charge is 0.340 e. The number of rotatable bonds is 6. The molecule has 2 aliphatic heterocycles. The fraction of sp³-hybridized carbons (Fsp3) is 0.944. The van der Waals surface area contributed by atoms with Gasteiger partial charge >= 0.3 is 0 Å². The molecule has 0 bridgehead atoms. The van der Waals surface area contributed by atoms with Crippen molar-refractivity contribution in [2.45, 2.75) is 77.4 Å². The Balaban J connectivity index is 1.71. The quantitative estimate of drug-likeness (QED) is 0.754. The molecule has 0 aromatic rings. The van der Waals surface area contributed by atoms with Gasteiger partial charge in [0.05, 0.1) is 0 Å². The van der Waals surface area contributed by atoms with Gasteiger partial charge < -0.3 is 14.7 Å². The number of carbonyl (C=O) groups is 1. The van der Waals surface area contributed by atoms with E-state index in [0.29, 0.717) is 18.0 Å². The van der Waals surface area contributed by atoms with E-state index >= 15 is 0 Å². The predicted octanol–water partition coefficient (Wildman–Crippen LogP) is 2.58. The first kappa shape index (κ1) is 17.7. The normalized spacial score (nSPS) is 23.5. The molecule has 2 aliphatic rings. The fourth-order valence-electron chi connectivity index (χ4n) is 3.86. The van der Waals surface area contributed by atoms with Crippen LogP contribution < -0.4 is 0 Å². The number of amides is 1. The molecule has 0 radical (unpaired) electrons. The Labute approximate surface area is 136 Å². The van der Waals surface area contributed by atoms with Gasteiger partial charge in [0.2, 0.25) is 5.91 Å². The van der Waals surface area contributed by atoms with E-state index in [1.807, 2.05) is 0 Å². The number of carbonyl (C=O) groups excluding carboxylic acids is 1. The molecule has 0 aromatic carbocycles. The molecular weight excluding hydrogens is 274 g/mol. The summed E-state index contributed by atoms with van der Waals surface area (Å²) in [4.78, 5) is 19.2. The molecule has 2 fully saturated rings. The van der Waals surface area contributed by atoms with E-state index in [-0.39, 0.29) is 0 Å². The topological polar surface area (TPSA) is 26.8 Å². The zero-order chi connectivity index (χ0) is 16.1. The van der Waals surface area contributed by atoms with E-state index in [4.69, 9.17) is 0 Å². The van der Waals surface area contributed by atoms with Crippen LogP contribution in [0.2, 0.25) is 0 Å². The van der Waals surface area contributed by atoms with Gasteiger partial charge in [0.25, 0.3) is 0 Å². The molecule has 4 nitrogen and oxygen atoms in total. The zero-order valence-corrected chi connectivity index (χ0v) is 15.1. The molecule has 0 saturated carbocycles. The second-order valence-electron chi connectivity index (χ2n) is 7.52. The SMILES string of the molecule is CC(C)N1CCC(N(C)CCC(C)N2CCCCC2=O)CC1. The predicted molar refractivity (Wildman–Crippen MR) is 92.0 cm³/mol. The standard InChI is InChI=1S/C18H35N3O/c1-15(2)20-13-9-17(10-14-20)19(4)12-8-16(3)21-11-6-5-7-18(21)22/h15-17H,5-14H2,1-4H3. The van der Waals surface area contributed by atoms with E-state index in [1.54, 1.807) is 0 Å². The number of likely N-dealkylation sites (tertiary alicyclic amines) is 2. The van der Waals surface area contributed by atoms with Crippen LogP contribution in [0.4, 0.5) is 0 Å². The van der Waals surface area contributed by atoms with Crippen LogP contribution in [0, 0.1) is 0 Å². The van der Waals surface area contributed by atoms with Crippen molar-refractivity contribution in [2.24, 2.45) is 0 Å². The highest BCUT2D eigenvalue weighted by Crippen LogP contribution is 2.19. The van der Waals surface area contributed by atoms with Crippen molar-refractivity contribution in [3.05, 3.63) is 0 Å². The Hall–Kier alpha value is -0.610. The summed E-state index contributed by atoms with van der Waals surface area (Å²) in [6.45, 7) is 11.3. The average molecular weight is 309 g/mol.